The first-order valence-corrected chi connectivity index (χ1v) is 9.29. The molecular weight excluding hydrogens is 332 g/mol. The quantitative estimate of drug-likeness (QED) is 0.770. The Bertz CT molecular complexity index is 818. The number of hydrogen-bond acceptors (Lipinski definition) is 4. The van der Waals surface area contributed by atoms with Crippen LogP contribution in [-0.2, 0) is 5.41 Å². The molecule has 0 aliphatic carbocycles. The third kappa shape index (κ3) is 4.61. The minimum Gasteiger partial charge on any atom is -0.476 e. The summed E-state index contributed by atoms with van der Waals surface area (Å²) in [6.07, 6.45) is 3.76. The topological polar surface area (TPSA) is 63.1 Å². The summed E-state index contributed by atoms with van der Waals surface area (Å²) in [5.41, 5.74) is 2.82. The van der Waals surface area contributed by atoms with Crippen LogP contribution in [0, 0.1) is 11.8 Å². The van der Waals surface area contributed by atoms with Gasteiger partial charge in [0, 0.05) is 10.5 Å². The van der Waals surface area contributed by atoms with Crippen molar-refractivity contribution in [1.82, 2.24) is 9.97 Å². The smallest absolute Gasteiger partial charge is 0.356 e. The number of aromatic carboxylic acids is 1. The maximum Gasteiger partial charge on any atom is 0.356 e. The summed E-state index contributed by atoms with van der Waals surface area (Å²) in [6.45, 7) is 8.53. The molecule has 1 aliphatic heterocycles. The van der Waals surface area contributed by atoms with Gasteiger partial charge in [0.05, 0.1) is 12.4 Å². The zero-order chi connectivity index (χ0) is 18.4. The number of benzene rings is 1. The summed E-state index contributed by atoms with van der Waals surface area (Å²) in [7, 11) is 0. The molecule has 1 aromatic heterocycles. The maximum atomic E-state index is 10.7. The highest BCUT2D eigenvalue weighted by Crippen LogP contribution is 2.41. The first-order valence-electron chi connectivity index (χ1n) is 8.30. The lowest BCUT2D eigenvalue weighted by atomic mass is 9.81. The fraction of sp³-hybridized carbons (Fsp3) is 0.350. The van der Waals surface area contributed by atoms with E-state index in [1.165, 1.54) is 22.9 Å². The summed E-state index contributed by atoms with van der Waals surface area (Å²) in [5, 5.41) is 8.80. The summed E-state index contributed by atoms with van der Waals surface area (Å²) in [6, 6.07) is 6.29. The number of carbonyl (C=O) groups is 1. The molecule has 3 rings (SSSR count). The van der Waals surface area contributed by atoms with Crippen molar-refractivity contribution < 1.29 is 9.90 Å². The van der Waals surface area contributed by atoms with Crippen LogP contribution in [0.1, 0.15) is 61.4 Å². The van der Waals surface area contributed by atoms with E-state index in [4.69, 9.17) is 5.11 Å². The van der Waals surface area contributed by atoms with E-state index in [2.05, 4.69) is 47.8 Å². The molecule has 0 amide bonds. The molecule has 0 unspecified atom stereocenters. The van der Waals surface area contributed by atoms with Gasteiger partial charge in [0.25, 0.3) is 0 Å². The lowest BCUT2D eigenvalue weighted by Gasteiger charge is -2.32. The third-order valence-electron chi connectivity index (χ3n) is 3.90. The van der Waals surface area contributed by atoms with E-state index in [0.717, 1.165) is 17.7 Å². The lowest BCUT2D eigenvalue weighted by molar-refractivity contribution is 0.0690. The van der Waals surface area contributed by atoms with Crippen LogP contribution in [0.25, 0.3) is 0 Å². The molecule has 25 heavy (non-hydrogen) atoms. The molecule has 0 spiro atoms. The average Bonchev–Trinajstić information content (AvgIpc) is 2.62. The molecule has 0 fully saturated rings. The minimum atomic E-state index is -1.09. The van der Waals surface area contributed by atoms with Crippen molar-refractivity contribution in [3.05, 3.63) is 53.1 Å². The molecule has 1 N–H and O–H groups in total. The van der Waals surface area contributed by atoms with Crippen molar-refractivity contribution in [2.24, 2.45) is 0 Å². The highest BCUT2D eigenvalue weighted by Gasteiger charge is 2.27. The predicted octanol–water partition coefficient (Wildman–Crippen LogP) is 4.37. The SMILES string of the molecule is CC.CC1(C)CCSc2ccc(C#Cc3cnc(C(=O)O)cn3)cc21. The van der Waals surface area contributed by atoms with E-state index < -0.39 is 5.97 Å². The van der Waals surface area contributed by atoms with Gasteiger partial charge < -0.3 is 5.11 Å². The van der Waals surface area contributed by atoms with Crippen molar-refractivity contribution in [2.75, 3.05) is 5.75 Å². The number of hydrogen-bond donors (Lipinski definition) is 1. The standard InChI is InChI=1S/C18H16N2O2S.C2H6/c1-18(2)7-8-23-16-6-4-12(9-14(16)18)3-5-13-10-20-15(11-19-13)17(21)22;1-2/h4,6,9-11H,7-8H2,1-2H3,(H,21,22);1-2H3. The summed E-state index contributed by atoms with van der Waals surface area (Å²) < 4.78 is 0. The first-order chi connectivity index (χ1) is 12.0. The monoisotopic (exact) mass is 354 g/mol. The van der Waals surface area contributed by atoms with E-state index >= 15 is 0 Å². The molecule has 0 saturated heterocycles. The van der Waals surface area contributed by atoms with Gasteiger partial charge in [0.15, 0.2) is 5.69 Å². The molecule has 0 atom stereocenters. The number of carboxylic acid groups (broad SMARTS) is 1. The Kier molecular flexibility index (Phi) is 6.22. The number of carboxylic acids is 1. The number of nitrogens with zero attached hydrogens (tertiary/aromatic N) is 2. The Balaban J connectivity index is 0.00000109. The van der Waals surface area contributed by atoms with E-state index in [0.29, 0.717) is 5.69 Å². The van der Waals surface area contributed by atoms with Crippen molar-refractivity contribution in [3.8, 4) is 11.8 Å². The average molecular weight is 354 g/mol. The van der Waals surface area contributed by atoms with Gasteiger partial charge in [-0.3, -0.25) is 0 Å². The Morgan fingerprint density at radius 2 is 1.96 bits per heavy atom. The molecule has 5 heteroatoms. The summed E-state index contributed by atoms with van der Waals surface area (Å²) in [4.78, 5) is 19.9. The molecule has 1 aliphatic rings. The van der Waals surface area contributed by atoms with Gasteiger partial charge in [0.1, 0.15) is 5.69 Å². The second-order valence-electron chi connectivity index (χ2n) is 6.04. The van der Waals surface area contributed by atoms with Crippen LogP contribution in [0.15, 0.2) is 35.5 Å². The molecule has 2 heterocycles. The van der Waals surface area contributed by atoms with E-state index in [9.17, 15) is 4.79 Å². The second kappa shape index (κ2) is 8.17. The van der Waals surface area contributed by atoms with Gasteiger partial charge in [0.2, 0.25) is 0 Å². The zero-order valence-electron chi connectivity index (χ0n) is 15.0. The zero-order valence-corrected chi connectivity index (χ0v) is 15.8. The highest BCUT2D eigenvalue weighted by molar-refractivity contribution is 7.99. The fourth-order valence-corrected chi connectivity index (χ4v) is 3.94. The van der Waals surface area contributed by atoms with Crippen LogP contribution in [0.5, 0.6) is 0 Å². The highest BCUT2D eigenvalue weighted by atomic mass is 32.2. The van der Waals surface area contributed by atoms with Gasteiger partial charge in [-0.05, 0) is 47.3 Å². The largest absolute Gasteiger partial charge is 0.476 e. The molecule has 1 aromatic carbocycles. The number of aromatic nitrogens is 2. The van der Waals surface area contributed by atoms with E-state index in [-0.39, 0.29) is 11.1 Å². The maximum absolute atomic E-state index is 10.7. The molecule has 2 aromatic rings. The Labute approximate surface area is 153 Å². The van der Waals surface area contributed by atoms with Crippen LogP contribution < -0.4 is 0 Å². The van der Waals surface area contributed by atoms with E-state index in [1.807, 2.05) is 31.7 Å². The third-order valence-corrected chi connectivity index (χ3v) is 4.97. The molecule has 0 saturated carbocycles. The van der Waals surface area contributed by atoms with Crippen molar-refractivity contribution in [1.29, 1.82) is 0 Å². The molecule has 0 bridgehead atoms. The Morgan fingerprint density at radius 1 is 1.20 bits per heavy atom. The number of fused-ring (bicyclic) bond motifs is 1. The van der Waals surface area contributed by atoms with Crippen LogP contribution in [0.3, 0.4) is 0 Å². The summed E-state index contributed by atoms with van der Waals surface area (Å²) in [5.74, 6) is 6.08. The van der Waals surface area contributed by atoms with E-state index in [1.54, 1.807) is 0 Å². The molecular formula is C20H22N2O2S. The summed E-state index contributed by atoms with van der Waals surface area (Å²) >= 11 is 1.89. The lowest BCUT2D eigenvalue weighted by Crippen LogP contribution is -2.22. The first kappa shape index (κ1) is 19.0. The Hall–Kier alpha value is -2.32. The normalized spacial score (nSPS) is 14.2. The molecule has 4 nitrogen and oxygen atoms in total. The van der Waals surface area contributed by atoms with Gasteiger partial charge in [-0.15, -0.1) is 11.8 Å². The molecule has 130 valence electrons. The molecule has 0 radical (unpaired) electrons. The number of rotatable bonds is 1. The van der Waals surface area contributed by atoms with Crippen LogP contribution >= 0.6 is 11.8 Å². The number of thioether (sulfide) groups is 1. The Morgan fingerprint density at radius 3 is 2.60 bits per heavy atom. The van der Waals surface area contributed by atoms with Gasteiger partial charge in [-0.1, -0.05) is 33.6 Å². The van der Waals surface area contributed by atoms with Crippen molar-refractivity contribution >= 4 is 17.7 Å². The fourth-order valence-electron chi connectivity index (χ4n) is 2.45. The van der Waals surface area contributed by atoms with Gasteiger partial charge in [-0.2, -0.15) is 0 Å². The van der Waals surface area contributed by atoms with Crippen LogP contribution in [0.2, 0.25) is 0 Å². The van der Waals surface area contributed by atoms with Crippen molar-refractivity contribution in [2.45, 2.75) is 44.4 Å². The van der Waals surface area contributed by atoms with Gasteiger partial charge in [-0.25, -0.2) is 14.8 Å². The minimum absolute atomic E-state index is 0.0805. The van der Waals surface area contributed by atoms with Crippen molar-refractivity contribution in [3.63, 3.8) is 0 Å². The van der Waals surface area contributed by atoms with Crippen LogP contribution in [-0.4, -0.2) is 26.8 Å². The van der Waals surface area contributed by atoms with Gasteiger partial charge >= 0.3 is 5.97 Å². The predicted molar refractivity (Wildman–Crippen MR) is 101 cm³/mol. The second-order valence-corrected chi connectivity index (χ2v) is 7.17. The van der Waals surface area contributed by atoms with Crippen LogP contribution in [0.4, 0.5) is 0 Å².